The van der Waals surface area contributed by atoms with Crippen LogP contribution in [0.25, 0.3) is 22.5 Å². The van der Waals surface area contributed by atoms with E-state index < -0.39 is 0 Å². The van der Waals surface area contributed by atoms with E-state index in [9.17, 15) is 5.26 Å². The first kappa shape index (κ1) is 14.8. The van der Waals surface area contributed by atoms with Crippen molar-refractivity contribution in [2.24, 2.45) is 0 Å². The molecule has 0 aliphatic carbocycles. The molecule has 3 rings (SSSR count). The van der Waals surface area contributed by atoms with E-state index in [1.165, 1.54) is 0 Å². The number of aryl methyl sites for hydroxylation is 1. The van der Waals surface area contributed by atoms with Crippen LogP contribution in [0, 0.1) is 18.3 Å². The Labute approximate surface area is 133 Å². The van der Waals surface area contributed by atoms with Gasteiger partial charge in [0.25, 0.3) is 0 Å². The predicted molar refractivity (Wildman–Crippen MR) is 87.2 cm³/mol. The molecule has 0 aliphatic heterocycles. The molecule has 0 fully saturated rings. The van der Waals surface area contributed by atoms with Gasteiger partial charge in [-0.3, -0.25) is 9.78 Å². The van der Waals surface area contributed by atoms with Crippen LogP contribution in [0.5, 0.6) is 0 Å². The Bertz CT molecular complexity index is 869. The van der Waals surface area contributed by atoms with Gasteiger partial charge in [0, 0.05) is 29.6 Å². The Morgan fingerprint density at radius 1 is 1.39 bits per heavy atom. The standard InChI is InChI=1S/C16H17N7/c1-3-6-23-10(2)13(9-20-23)15-7-11(14-4-5-19-22-14)12(8-17)16(18)21-15/h4-5,7,9H,3,6H2,1-2H3,(H2,18,21)(H,19,22). The van der Waals surface area contributed by atoms with E-state index in [1.54, 1.807) is 18.5 Å². The van der Waals surface area contributed by atoms with Crippen molar-refractivity contribution >= 4 is 5.82 Å². The first-order chi connectivity index (χ1) is 11.2. The van der Waals surface area contributed by atoms with Gasteiger partial charge in [-0.2, -0.15) is 15.5 Å². The van der Waals surface area contributed by atoms with Gasteiger partial charge in [-0.15, -0.1) is 0 Å². The minimum atomic E-state index is 0.206. The summed E-state index contributed by atoms with van der Waals surface area (Å²) >= 11 is 0. The summed E-state index contributed by atoms with van der Waals surface area (Å²) < 4.78 is 1.95. The molecule has 3 N–H and O–H groups in total. The number of anilines is 1. The molecule has 0 bridgehead atoms. The minimum absolute atomic E-state index is 0.206. The third-order valence-electron chi connectivity index (χ3n) is 3.76. The molecule has 23 heavy (non-hydrogen) atoms. The Morgan fingerprint density at radius 3 is 2.87 bits per heavy atom. The summed E-state index contributed by atoms with van der Waals surface area (Å²) in [5.41, 5.74) is 10.4. The quantitative estimate of drug-likeness (QED) is 0.769. The van der Waals surface area contributed by atoms with Gasteiger partial charge in [-0.1, -0.05) is 6.92 Å². The van der Waals surface area contributed by atoms with E-state index in [1.807, 2.05) is 17.7 Å². The number of nitrogens with zero attached hydrogens (tertiary/aromatic N) is 5. The maximum Gasteiger partial charge on any atom is 0.142 e. The van der Waals surface area contributed by atoms with Crippen molar-refractivity contribution in [2.45, 2.75) is 26.8 Å². The molecule has 0 radical (unpaired) electrons. The second kappa shape index (κ2) is 5.93. The van der Waals surface area contributed by atoms with Crippen molar-refractivity contribution in [2.75, 3.05) is 5.73 Å². The molecule has 3 heterocycles. The highest BCUT2D eigenvalue weighted by Gasteiger charge is 2.17. The summed E-state index contributed by atoms with van der Waals surface area (Å²) in [5, 5.41) is 20.6. The van der Waals surface area contributed by atoms with Crippen LogP contribution in [0.4, 0.5) is 5.82 Å². The maximum atomic E-state index is 9.37. The lowest BCUT2D eigenvalue weighted by atomic mass is 10.0. The molecule has 116 valence electrons. The van der Waals surface area contributed by atoms with Gasteiger partial charge in [0.1, 0.15) is 17.5 Å². The lowest BCUT2D eigenvalue weighted by Gasteiger charge is -2.09. The largest absolute Gasteiger partial charge is 0.383 e. The third-order valence-corrected chi connectivity index (χ3v) is 3.76. The van der Waals surface area contributed by atoms with Crippen molar-refractivity contribution < 1.29 is 0 Å². The number of nitrogen functional groups attached to an aromatic ring is 1. The number of nitrogens with one attached hydrogen (secondary N) is 1. The minimum Gasteiger partial charge on any atom is -0.383 e. The highest BCUT2D eigenvalue weighted by molar-refractivity contribution is 5.78. The number of H-pyrrole nitrogens is 1. The van der Waals surface area contributed by atoms with Crippen molar-refractivity contribution in [3.63, 3.8) is 0 Å². The Morgan fingerprint density at radius 2 is 2.22 bits per heavy atom. The number of aromatic amines is 1. The Hall–Kier alpha value is -3.14. The number of hydrogen-bond donors (Lipinski definition) is 2. The summed E-state index contributed by atoms with van der Waals surface area (Å²) in [6, 6.07) is 5.76. The number of nitrogens with two attached hydrogens (primary N) is 1. The van der Waals surface area contributed by atoms with E-state index >= 15 is 0 Å². The fraction of sp³-hybridized carbons (Fsp3) is 0.250. The van der Waals surface area contributed by atoms with Gasteiger partial charge in [-0.25, -0.2) is 4.98 Å². The molecule has 0 saturated carbocycles. The molecular formula is C16H17N7. The van der Waals surface area contributed by atoms with Crippen LogP contribution in [0.3, 0.4) is 0 Å². The van der Waals surface area contributed by atoms with Gasteiger partial charge in [0.2, 0.25) is 0 Å². The normalized spacial score (nSPS) is 10.7. The molecule has 7 nitrogen and oxygen atoms in total. The summed E-state index contributed by atoms with van der Waals surface area (Å²) in [6.07, 6.45) is 4.43. The van der Waals surface area contributed by atoms with Crippen molar-refractivity contribution in [3.8, 4) is 28.6 Å². The molecule has 0 unspecified atom stereocenters. The van der Waals surface area contributed by atoms with E-state index in [0.717, 1.165) is 29.9 Å². The average Bonchev–Trinajstić information content (AvgIpc) is 3.18. The fourth-order valence-electron chi connectivity index (χ4n) is 2.57. The molecule has 0 aliphatic rings. The zero-order valence-electron chi connectivity index (χ0n) is 13.0. The molecule has 0 amide bonds. The zero-order chi connectivity index (χ0) is 16.4. The van der Waals surface area contributed by atoms with Crippen molar-refractivity contribution in [1.29, 1.82) is 5.26 Å². The topological polar surface area (TPSA) is 109 Å². The maximum absolute atomic E-state index is 9.37. The Balaban J connectivity index is 2.17. The summed E-state index contributed by atoms with van der Waals surface area (Å²) in [5.74, 6) is 0.206. The van der Waals surface area contributed by atoms with E-state index in [4.69, 9.17) is 5.73 Å². The molecule has 7 heteroatoms. The van der Waals surface area contributed by atoms with E-state index in [0.29, 0.717) is 16.8 Å². The first-order valence-corrected chi connectivity index (χ1v) is 7.38. The van der Waals surface area contributed by atoms with Crippen LogP contribution in [0.1, 0.15) is 24.6 Å². The van der Waals surface area contributed by atoms with Crippen LogP contribution in [0.15, 0.2) is 24.5 Å². The van der Waals surface area contributed by atoms with Crippen molar-refractivity contribution in [1.82, 2.24) is 25.0 Å². The monoisotopic (exact) mass is 307 g/mol. The van der Waals surface area contributed by atoms with Gasteiger partial charge in [0.05, 0.1) is 17.6 Å². The summed E-state index contributed by atoms with van der Waals surface area (Å²) in [6.45, 7) is 4.96. The molecular weight excluding hydrogens is 290 g/mol. The van der Waals surface area contributed by atoms with Gasteiger partial charge < -0.3 is 5.73 Å². The summed E-state index contributed by atoms with van der Waals surface area (Å²) in [4.78, 5) is 4.39. The highest BCUT2D eigenvalue weighted by Crippen LogP contribution is 2.31. The van der Waals surface area contributed by atoms with Crippen LogP contribution < -0.4 is 5.73 Å². The molecule has 0 saturated heterocycles. The van der Waals surface area contributed by atoms with Gasteiger partial charge >= 0.3 is 0 Å². The third kappa shape index (κ3) is 2.55. The van der Waals surface area contributed by atoms with Crippen LogP contribution in [0.2, 0.25) is 0 Å². The van der Waals surface area contributed by atoms with E-state index in [2.05, 4.69) is 33.3 Å². The van der Waals surface area contributed by atoms with Crippen LogP contribution in [-0.4, -0.2) is 25.0 Å². The molecule has 3 aromatic heterocycles. The molecule has 0 atom stereocenters. The number of rotatable bonds is 4. The molecule has 3 aromatic rings. The lowest BCUT2D eigenvalue weighted by molar-refractivity contribution is 0.587. The fourth-order valence-corrected chi connectivity index (χ4v) is 2.57. The first-order valence-electron chi connectivity index (χ1n) is 7.38. The number of aromatic nitrogens is 5. The van der Waals surface area contributed by atoms with Crippen LogP contribution in [-0.2, 0) is 6.54 Å². The highest BCUT2D eigenvalue weighted by atomic mass is 15.3. The SMILES string of the molecule is CCCn1ncc(-c2cc(-c3ccn[nH]3)c(C#N)c(N)n2)c1C. The van der Waals surface area contributed by atoms with Crippen LogP contribution >= 0.6 is 0 Å². The van der Waals surface area contributed by atoms with Gasteiger partial charge in [-0.05, 0) is 25.5 Å². The molecule has 0 spiro atoms. The predicted octanol–water partition coefficient (Wildman–Crippen LogP) is 2.51. The zero-order valence-corrected chi connectivity index (χ0v) is 13.0. The molecule has 0 aromatic carbocycles. The van der Waals surface area contributed by atoms with E-state index in [-0.39, 0.29) is 5.82 Å². The number of hydrogen-bond acceptors (Lipinski definition) is 5. The number of nitriles is 1. The second-order valence-corrected chi connectivity index (χ2v) is 5.26. The van der Waals surface area contributed by atoms with Crippen molar-refractivity contribution in [3.05, 3.63) is 35.8 Å². The second-order valence-electron chi connectivity index (χ2n) is 5.26. The smallest absolute Gasteiger partial charge is 0.142 e. The Kier molecular flexibility index (Phi) is 3.81. The van der Waals surface area contributed by atoms with Gasteiger partial charge in [0.15, 0.2) is 0 Å². The average molecular weight is 307 g/mol. The lowest BCUT2D eigenvalue weighted by Crippen LogP contribution is -2.02. The number of pyridine rings is 1. The summed E-state index contributed by atoms with van der Waals surface area (Å²) in [7, 11) is 0.